The number of alkyl halides is 3. The Morgan fingerprint density at radius 3 is 2.28 bits per heavy atom. The molecule has 7 heteroatoms. The second kappa shape index (κ2) is 6.63. The van der Waals surface area contributed by atoms with E-state index in [0.29, 0.717) is 18.2 Å². The molecule has 4 nitrogen and oxygen atoms in total. The molecule has 1 aromatic heterocycles. The van der Waals surface area contributed by atoms with Gasteiger partial charge < -0.3 is 10.2 Å². The fourth-order valence-corrected chi connectivity index (χ4v) is 3.25. The lowest BCUT2D eigenvalue weighted by molar-refractivity contribution is -0.137. The minimum atomic E-state index is -4.51. The fraction of sp³-hybridized carbons (Fsp3) is 0.444. The predicted octanol–water partition coefficient (Wildman–Crippen LogP) is 4.11. The lowest BCUT2D eigenvalue weighted by Gasteiger charge is -2.31. The lowest BCUT2D eigenvalue weighted by atomic mass is 9.81. The molecule has 25 heavy (non-hydrogen) atoms. The number of phenolic OH excluding ortho intramolecular Hbond substituents is 1. The van der Waals surface area contributed by atoms with Gasteiger partial charge >= 0.3 is 6.18 Å². The Balaban J connectivity index is 1.78. The first-order valence-corrected chi connectivity index (χ1v) is 8.22. The van der Waals surface area contributed by atoms with Crippen LogP contribution in [0.2, 0.25) is 0 Å². The van der Waals surface area contributed by atoms with Crippen LogP contribution >= 0.6 is 0 Å². The summed E-state index contributed by atoms with van der Waals surface area (Å²) in [4.78, 5) is 0. The summed E-state index contributed by atoms with van der Waals surface area (Å²) in [6.07, 6.45) is 0.454. The van der Waals surface area contributed by atoms with Gasteiger partial charge in [0.05, 0.1) is 22.6 Å². The van der Waals surface area contributed by atoms with E-state index in [1.165, 1.54) is 6.07 Å². The van der Waals surface area contributed by atoms with Gasteiger partial charge in [0.25, 0.3) is 0 Å². The molecule has 0 amide bonds. The zero-order valence-electron chi connectivity index (χ0n) is 13.6. The Morgan fingerprint density at radius 1 is 1.00 bits per heavy atom. The molecule has 134 valence electrons. The molecule has 0 unspecified atom stereocenters. The fourth-order valence-electron chi connectivity index (χ4n) is 3.25. The molecule has 3 rings (SSSR count). The average molecular weight is 352 g/mol. The third kappa shape index (κ3) is 4.10. The quantitative estimate of drug-likeness (QED) is 0.873. The average Bonchev–Trinajstić information content (AvgIpc) is 2.55. The third-order valence-electron chi connectivity index (χ3n) is 4.62. The number of rotatable bonds is 3. The molecule has 0 bridgehead atoms. The highest BCUT2D eigenvalue weighted by Gasteiger charge is 2.32. The van der Waals surface area contributed by atoms with Gasteiger partial charge in [-0.2, -0.15) is 23.4 Å². The van der Waals surface area contributed by atoms with Crippen LogP contribution in [0.4, 0.5) is 13.2 Å². The van der Waals surface area contributed by atoms with E-state index in [4.69, 9.17) is 0 Å². The molecule has 1 fully saturated rings. The van der Waals surface area contributed by atoms with E-state index < -0.39 is 23.1 Å². The Morgan fingerprint density at radius 2 is 1.72 bits per heavy atom. The van der Waals surface area contributed by atoms with Crippen molar-refractivity contribution in [1.82, 2.24) is 10.2 Å². The van der Waals surface area contributed by atoms with Crippen molar-refractivity contribution in [2.24, 2.45) is 0 Å². The first-order valence-electron chi connectivity index (χ1n) is 8.22. The summed E-state index contributed by atoms with van der Waals surface area (Å²) in [7, 11) is 0. The molecule has 2 aromatic rings. The maximum atomic E-state index is 12.7. The van der Waals surface area contributed by atoms with Crippen LogP contribution in [-0.2, 0) is 12.6 Å². The van der Waals surface area contributed by atoms with E-state index in [2.05, 4.69) is 10.2 Å². The lowest BCUT2D eigenvalue weighted by Crippen LogP contribution is -2.34. The van der Waals surface area contributed by atoms with Crippen LogP contribution in [0.5, 0.6) is 5.75 Å². The van der Waals surface area contributed by atoms with Gasteiger partial charge in [-0.25, -0.2) is 0 Å². The number of nitrogens with zero attached hydrogens (tertiary/aromatic N) is 2. The number of hydrogen-bond acceptors (Lipinski definition) is 4. The maximum Gasteiger partial charge on any atom is 0.416 e. The Labute approximate surface area is 143 Å². The van der Waals surface area contributed by atoms with Crippen LogP contribution in [-0.4, -0.2) is 26.0 Å². The summed E-state index contributed by atoms with van der Waals surface area (Å²) < 4.78 is 38.0. The normalized spacial score (nSPS) is 17.4. The number of halogens is 3. The zero-order valence-corrected chi connectivity index (χ0v) is 13.6. The van der Waals surface area contributed by atoms with E-state index in [-0.39, 0.29) is 11.3 Å². The smallest absolute Gasteiger partial charge is 0.416 e. The van der Waals surface area contributed by atoms with Crippen LogP contribution < -0.4 is 0 Å². The van der Waals surface area contributed by atoms with Crippen molar-refractivity contribution in [3.05, 3.63) is 41.6 Å². The van der Waals surface area contributed by atoms with Crippen molar-refractivity contribution in [3.63, 3.8) is 0 Å². The number of aromatic hydroxyl groups is 1. The number of phenols is 1. The van der Waals surface area contributed by atoms with Gasteiger partial charge in [-0.1, -0.05) is 19.3 Å². The summed E-state index contributed by atoms with van der Waals surface area (Å²) in [5.74, 6) is -0.497. The Hall–Kier alpha value is -2.15. The van der Waals surface area contributed by atoms with Crippen LogP contribution in [0.15, 0.2) is 30.3 Å². The molecule has 0 radical (unpaired) electrons. The molecule has 0 saturated heterocycles. The monoisotopic (exact) mass is 352 g/mol. The molecule has 0 spiro atoms. The molecule has 0 atom stereocenters. The molecule has 1 heterocycles. The highest BCUT2D eigenvalue weighted by Crippen LogP contribution is 2.36. The molecular weight excluding hydrogens is 333 g/mol. The van der Waals surface area contributed by atoms with Crippen LogP contribution in [0.1, 0.15) is 43.4 Å². The Bertz CT molecular complexity index is 739. The Kier molecular flexibility index (Phi) is 4.69. The van der Waals surface area contributed by atoms with Gasteiger partial charge in [-0.15, -0.1) is 0 Å². The maximum absolute atomic E-state index is 12.7. The number of aromatic nitrogens is 2. The van der Waals surface area contributed by atoms with E-state index in [0.717, 1.165) is 38.2 Å². The topological polar surface area (TPSA) is 66.2 Å². The van der Waals surface area contributed by atoms with Gasteiger partial charge in [0.1, 0.15) is 5.75 Å². The van der Waals surface area contributed by atoms with Gasteiger partial charge in [-0.3, -0.25) is 0 Å². The third-order valence-corrected chi connectivity index (χ3v) is 4.62. The van der Waals surface area contributed by atoms with Gasteiger partial charge in [0, 0.05) is 12.0 Å². The van der Waals surface area contributed by atoms with E-state index in [1.807, 2.05) is 0 Å². The van der Waals surface area contributed by atoms with Crippen LogP contribution in [0.3, 0.4) is 0 Å². The molecule has 0 aliphatic heterocycles. The second-order valence-corrected chi connectivity index (χ2v) is 6.60. The first-order chi connectivity index (χ1) is 11.8. The van der Waals surface area contributed by atoms with Crippen LogP contribution in [0.25, 0.3) is 11.3 Å². The standard InChI is InChI=1S/C18H19F3N2O2/c19-18(20,21)12-4-6-14(16(24)10-12)15-7-5-13(22-23-15)11-17(25)8-2-1-3-9-17/h4-7,10,24-25H,1-3,8-9,11H2. The van der Waals surface area contributed by atoms with Gasteiger partial charge in [0.15, 0.2) is 0 Å². The summed E-state index contributed by atoms with van der Waals surface area (Å²) in [6.45, 7) is 0. The number of aliphatic hydroxyl groups is 1. The predicted molar refractivity (Wildman–Crippen MR) is 85.9 cm³/mol. The molecule has 1 aliphatic carbocycles. The molecule has 2 N–H and O–H groups in total. The number of benzene rings is 1. The number of hydrogen-bond donors (Lipinski definition) is 2. The van der Waals surface area contributed by atoms with E-state index >= 15 is 0 Å². The van der Waals surface area contributed by atoms with Crippen molar-refractivity contribution in [3.8, 4) is 17.0 Å². The van der Waals surface area contributed by atoms with Crippen molar-refractivity contribution < 1.29 is 23.4 Å². The van der Waals surface area contributed by atoms with Crippen molar-refractivity contribution >= 4 is 0 Å². The van der Waals surface area contributed by atoms with Gasteiger partial charge in [0.2, 0.25) is 0 Å². The second-order valence-electron chi connectivity index (χ2n) is 6.60. The largest absolute Gasteiger partial charge is 0.507 e. The molecular formula is C18H19F3N2O2. The summed E-state index contributed by atoms with van der Waals surface area (Å²) >= 11 is 0. The summed E-state index contributed by atoms with van der Waals surface area (Å²) in [6, 6.07) is 6.03. The van der Waals surface area contributed by atoms with Gasteiger partial charge in [-0.05, 0) is 43.2 Å². The van der Waals surface area contributed by atoms with Crippen molar-refractivity contribution in [1.29, 1.82) is 0 Å². The molecule has 1 aromatic carbocycles. The van der Waals surface area contributed by atoms with Crippen LogP contribution in [0, 0.1) is 0 Å². The zero-order chi connectivity index (χ0) is 18.1. The van der Waals surface area contributed by atoms with Crippen molar-refractivity contribution in [2.75, 3.05) is 0 Å². The summed E-state index contributed by atoms with van der Waals surface area (Å²) in [5, 5.41) is 28.5. The summed E-state index contributed by atoms with van der Waals surface area (Å²) in [5.41, 5.74) is -0.586. The highest BCUT2D eigenvalue weighted by atomic mass is 19.4. The molecule has 1 aliphatic rings. The SMILES string of the molecule is Oc1cc(C(F)(F)F)ccc1-c1ccc(CC2(O)CCCCC2)nn1. The first kappa shape index (κ1) is 17.7. The van der Waals surface area contributed by atoms with E-state index in [1.54, 1.807) is 12.1 Å². The van der Waals surface area contributed by atoms with Crippen molar-refractivity contribution in [2.45, 2.75) is 50.3 Å². The van der Waals surface area contributed by atoms with E-state index in [9.17, 15) is 23.4 Å². The highest BCUT2D eigenvalue weighted by molar-refractivity contribution is 5.67. The molecule has 1 saturated carbocycles. The minimum absolute atomic E-state index is 0.184. The minimum Gasteiger partial charge on any atom is -0.507 e.